The Morgan fingerprint density at radius 2 is 2.24 bits per heavy atom. The summed E-state index contributed by atoms with van der Waals surface area (Å²) in [5.41, 5.74) is 1.02. The predicted octanol–water partition coefficient (Wildman–Crippen LogP) is 3.10. The van der Waals surface area contributed by atoms with Gasteiger partial charge in [0.2, 0.25) is 0 Å². The van der Waals surface area contributed by atoms with E-state index in [0.717, 1.165) is 12.1 Å². The van der Waals surface area contributed by atoms with Gasteiger partial charge in [0.1, 0.15) is 5.75 Å². The summed E-state index contributed by atoms with van der Waals surface area (Å²) in [5, 5.41) is 3.92. The summed E-state index contributed by atoms with van der Waals surface area (Å²) in [5.74, 6) is 0.557. The number of hydrogen-bond acceptors (Lipinski definition) is 4. The van der Waals surface area contributed by atoms with Crippen molar-refractivity contribution >= 4 is 29.9 Å². The van der Waals surface area contributed by atoms with E-state index in [9.17, 15) is 4.79 Å². The van der Waals surface area contributed by atoms with Crippen LogP contribution in [-0.4, -0.2) is 41.5 Å². The standard InChI is InChI=1S/C18H20ClN3O2.ClH/c1-13(24-16-6-2-5-15(19)10-16)18(23)22-9-8-21-12-17(22)14-4-3-7-20-11-14;/h2-7,10-11,13,17,21H,8-9,12H2,1H3;1H. The van der Waals surface area contributed by atoms with Gasteiger partial charge in [-0.05, 0) is 36.8 Å². The number of carbonyl (C=O) groups is 1. The van der Waals surface area contributed by atoms with Crippen molar-refractivity contribution in [1.29, 1.82) is 0 Å². The number of halogens is 2. The van der Waals surface area contributed by atoms with E-state index >= 15 is 0 Å². The normalized spacial score (nSPS) is 18.2. The Labute approximate surface area is 158 Å². The summed E-state index contributed by atoms with van der Waals surface area (Å²) in [6.45, 7) is 3.89. The zero-order valence-electron chi connectivity index (χ0n) is 13.9. The van der Waals surface area contributed by atoms with E-state index < -0.39 is 6.10 Å². The topological polar surface area (TPSA) is 54.5 Å². The molecule has 1 amide bonds. The van der Waals surface area contributed by atoms with Crippen molar-refractivity contribution in [3.8, 4) is 5.75 Å². The second-order valence-corrected chi connectivity index (χ2v) is 6.19. The summed E-state index contributed by atoms with van der Waals surface area (Å²) in [6.07, 6.45) is 2.96. The fourth-order valence-electron chi connectivity index (χ4n) is 2.87. The van der Waals surface area contributed by atoms with Crippen molar-refractivity contribution in [3.05, 3.63) is 59.4 Å². The van der Waals surface area contributed by atoms with Crippen LogP contribution in [0.25, 0.3) is 0 Å². The maximum atomic E-state index is 12.9. The van der Waals surface area contributed by atoms with E-state index in [4.69, 9.17) is 16.3 Å². The number of aromatic nitrogens is 1. The van der Waals surface area contributed by atoms with Crippen LogP contribution in [0.3, 0.4) is 0 Å². The summed E-state index contributed by atoms with van der Waals surface area (Å²) in [4.78, 5) is 18.9. The van der Waals surface area contributed by atoms with Crippen LogP contribution in [0.2, 0.25) is 5.02 Å². The second kappa shape index (κ2) is 9.04. The van der Waals surface area contributed by atoms with Crippen molar-refractivity contribution in [3.63, 3.8) is 0 Å². The number of amides is 1. The van der Waals surface area contributed by atoms with Gasteiger partial charge in [0.15, 0.2) is 6.10 Å². The quantitative estimate of drug-likeness (QED) is 0.883. The van der Waals surface area contributed by atoms with Crippen LogP contribution in [-0.2, 0) is 4.79 Å². The highest BCUT2D eigenvalue weighted by Gasteiger charge is 2.31. The first kappa shape index (κ1) is 19.5. The molecule has 5 nitrogen and oxygen atoms in total. The Hall–Kier alpha value is -1.82. The number of benzene rings is 1. The van der Waals surface area contributed by atoms with Gasteiger partial charge in [0.25, 0.3) is 5.91 Å². The van der Waals surface area contributed by atoms with Gasteiger partial charge in [-0.1, -0.05) is 23.7 Å². The highest BCUT2D eigenvalue weighted by molar-refractivity contribution is 6.30. The molecule has 134 valence electrons. The van der Waals surface area contributed by atoms with Crippen LogP contribution in [0.15, 0.2) is 48.8 Å². The molecule has 0 saturated carbocycles. The fraction of sp³-hybridized carbons (Fsp3) is 0.333. The number of carbonyl (C=O) groups excluding carboxylic acids is 1. The van der Waals surface area contributed by atoms with Gasteiger partial charge >= 0.3 is 0 Å². The summed E-state index contributed by atoms with van der Waals surface area (Å²) >= 11 is 5.97. The average molecular weight is 382 g/mol. The van der Waals surface area contributed by atoms with Crippen molar-refractivity contribution in [1.82, 2.24) is 15.2 Å². The van der Waals surface area contributed by atoms with Crippen molar-refractivity contribution in [2.45, 2.75) is 19.1 Å². The lowest BCUT2D eigenvalue weighted by atomic mass is 10.0. The van der Waals surface area contributed by atoms with Gasteiger partial charge in [-0.25, -0.2) is 0 Å². The minimum absolute atomic E-state index is 0. The molecule has 1 aromatic heterocycles. The molecule has 0 bridgehead atoms. The monoisotopic (exact) mass is 381 g/mol. The molecule has 7 heteroatoms. The maximum absolute atomic E-state index is 12.9. The van der Waals surface area contributed by atoms with Crippen LogP contribution in [0.4, 0.5) is 0 Å². The van der Waals surface area contributed by atoms with E-state index in [1.165, 1.54) is 0 Å². The number of piperazine rings is 1. The molecule has 25 heavy (non-hydrogen) atoms. The van der Waals surface area contributed by atoms with Gasteiger partial charge in [-0.15, -0.1) is 12.4 Å². The average Bonchev–Trinajstić information content (AvgIpc) is 2.62. The molecule has 0 radical (unpaired) electrons. The first-order valence-corrected chi connectivity index (χ1v) is 8.36. The number of nitrogens with zero attached hydrogens (tertiary/aromatic N) is 2. The number of rotatable bonds is 4. The summed E-state index contributed by atoms with van der Waals surface area (Å²) < 4.78 is 5.78. The Kier molecular flexibility index (Phi) is 7.05. The highest BCUT2D eigenvalue weighted by atomic mass is 35.5. The second-order valence-electron chi connectivity index (χ2n) is 5.76. The minimum Gasteiger partial charge on any atom is -0.481 e. The summed E-state index contributed by atoms with van der Waals surface area (Å²) in [7, 11) is 0. The van der Waals surface area contributed by atoms with E-state index in [1.807, 2.05) is 17.0 Å². The predicted molar refractivity (Wildman–Crippen MR) is 100 cm³/mol. The largest absolute Gasteiger partial charge is 0.481 e. The van der Waals surface area contributed by atoms with E-state index in [2.05, 4.69) is 10.3 Å². The highest BCUT2D eigenvalue weighted by Crippen LogP contribution is 2.24. The van der Waals surface area contributed by atoms with Gasteiger partial charge in [0.05, 0.1) is 6.04 Å². The van der Waals surface area contributed by atoms with Gasteiger partial charge in [0, 0.05) is 37.1 Å². The van der Waals surface area contributed by atoms with Crippen molar-refractivity contribution < 1.29 is 9.53 Å². The SMILES string of the molecule is CC(Oc1cccc(Cl)c1)C(=O)N1CCNCC1c1cccnc1.Cl. The molecule has 1 aliphatic rings. The van der Waals surface area contributed by atoms with Crippen LogP contribution < -0.4 is 10.1 Å². The third-order valence-corrected chi connectivity index (χ3v) is 4.29. The van der Waals surface area contributed by atoms with Crippen LogP contribution in [0.1, 0.15) is 18.5 Å². The number of pyridine rings is 1. The lowest BCUT2D eigenvalue weighted by Crippen LogP contribution is -2.52. The van der Waals surface area contributed by atoms with Crippen LogP contribution >= 0.6 is 24.0 Å². The number of hydrogen-bond donors (Lipinski definition) is 1. The third-order valence-electron chi connectivity index (χ3n) is 4.05. The maximum Gasteiger partial charge on any atom is 0.263 e. The molecule has 2 unspecified atom stereocenters. The molecule has 1 aliphatic heterocycles. The van der Waals surface area contributed by atoms with E-state index in [0.29, 0.717) is 23.9 Å². The molecule has 1 aromatic carbocycles. The lowest BCUT2D eigenvalue weighted by molar-refractivity contribution is -0.141. The minimum atomic E-state index is -0.583. The zero-order chi connectivity index (χ0) is 16.9. The summed E-state index contributed by atoms with van der Waals surface area (Å²) in [6, 6.07) is 10.9. The van der Waals surface area contributed by atoms with Crippen molar-refractivity contribution in [2.24, 2.45) is 0 Å². The Morgan fingerprint density at radius 1 is 1.40 bits per heavy atom. The smallest absolute Gasteiger partial charge is 0.263 e. The Morgan fingerprint density at radius 3 is 2.96 bits per heavy atom. The Bertz CT molecular complexity index is 700. The number of nitrogens with one attached hydrogen (secondary N) is 1. The van der Waals surface area contributed by atoms with Crippen molar-refractivity contribution in [2.75, 3.05) is 19.6 Å². The molecule has 3 rings (SSSR count). The van der Waals surface area contributed by atoms with Crippen LogP contribution in [0.5, 0.6) is 5.75 Å². The fourth-order valence-corrected chi connectivity index (χ4v) is 3.05. The first-order valence-electron chi connectivity index (χ1n) is 7.98. The van der Waals surface area contributed by atoms with E-state index in [-0.39, 0.29) is 24.4 Å². The number of ether oxygens (including phenoxy) is 1. The molecular formula is C18H21Cl2N3O2. The molecule has 0 spiro atoms. The van der Waals surface area contributed by atoms with Gasteiger partial charge in [-0.3, -0.25) is 9.78 Å². The zero-order valence-corrected chi connectivity index (χ0v) is 15.5. The van der Waals surface area contributed by atoms with E-state index in [1.54, 1.807) is 43.6 Å². The molecule has 0 aliphatic carbocycles. The van der Waals surface area contributed by atoms with Gasteiger partial charge < -0.3 is 15.0 Å². The van der Waals surface area contributed by atoms with Gasteiger partial charge in [-0.2, -0.15) is 0 Å². The molecule has 2 heterocycles. The molecule has 1 fully saturated rings. The molecular weight excluding hydrogens is 361 g/mol. The molecule has 1 saturated heterocycles. The molecule has 1 N–H and O–H groups in total. The first-order chi connectivity index (χ1) is 11.6. The lowest BCUT2D eigenvalue weighted by Gasteiger charge is -2.37. The third kappa shape index (κ3) is 4.84. The van der Waals surface area contributed by atoms with Crippen LogP contribution in [0, 0.1) is 0 Å². The Balaban J connectivity index is 0.00000225. The molecule has 2 aromatic rings. The molecule has 2 atom stereocenters.